The molecule has 0 heterocycles. The van der Waals surface area contributed by atoms with Crippen molar-refractivity contribution < 1.29 is 40.7 Å². The number of hydrogen-bond acceptors (Lipinski definition) is 3. The van der Waals surface area contributed by atoms with Crippen molar-refractivity contribution in [2.75, 3.05) is 10.6 Å². The molecule has 2 amide bonds. The van der Waals surface area contributed by atoms with Gasteiger partial charge in [0.25, 0.3) is 0 Å². The molecular formula is C19H14F6N2O3. The third-order valence-electron chi connectivity index (χ3n) is 3.89. The molecule has 0 bridgehead atoms. The zero-order chi connectivity index (χ0) is 22.7. The largest absolute Gasteiger partial charge is 0.416 e. The van der Waals surface area contributed by atoms with Gasteiger partial charge in [-0.1, -0.05) is 0 Å². The van der Waals surface area contributed by atoms with E-state index < -0.39 is 47.0 Å². The highest BCUT2D eigenvalue weighted by Gasteiger charge is 2.33. The Morgan fingerprint density at radius 2 is 0.967 bits per heavy atom. The van der Waals surface area contributed by atoms with Crippen molar-refractivity contribution in [3.63, 3.8) is 0 Å². The van der Waals surface area contributed by atoms with Crippen LogP contribution in [-0.4, -0.2) is 17.6 Å². The molecular weight excluding hydrogens is 418 g/mol. The number of anilines is 2. The van der Waals surface area contributed by atoms with E-state index in [-0.39, 0.29) is 11.4 Å². The molecule has 2 aromatic carbocycles. The fourth-order valence-electron chi connectivity index (χ4n) is 2.40. The number of benzene rings is 2. The van der Waals surface area contributed by atoms with Gasteiger partial charge < -0.3 is 10.6 Å². The molecule has 5 nitrogen and oxygen atoms in total. The second kappa shape index (κ2) is 8.56. The highest BCUT2D eigenvalue weighted by Crippen LogP contribution is 2.31. The fourth-order valence-corrected chi connectivity index (χ4v) is 2.40. The third kappa shape index (κ3) is 5.82. The van der Waals surface area contributed by atoms with Crippen LogP contribution in [0.5, 0.6) is 0 Å². The average molecular weight is 432 g/mol. The van der Waals surface area contributed by atoms with E-state index in [9.17, 15) is 40.7 Å². The molecule has 0 aliphatic carbocycles. The van der Waals surface area contributed by atoms with Gasteiger partial charge in [-0.3, -0.25) is 14.4 Å². The van der Waals surface area contributed by atoms with E-state index in [4.69, 9.17) is 0 Å². The molecule has 2 N–H and O–H groups in total. The normalized spacial score (nSPS) is 11.9. The molecule has 0 spiro atoms. The molecule has 11 heteroatoms. The highest BCUT2D eigenvalue weighted by atomic mass is 19.4. The van der Waals surface area contributed by atoms with E-state index >= 15 is 0 Å². The summed E-state index contributed by atoms with van der Waals surface area (Å²) >= 11 is 0. The van der Waals surface area contributed by atoms with Crippen LogP contribution in [0, 0.1) is 5.92 Å². The van der Waals surface area contributed by atoms with Gasteiger partial charge >= 0.3 is 12.4 Å². The molecule has 30 heavy (non-hydrogen) atoms. The van der Waals surface area contributed by atoms with Gasteiger partial charge in [-0.2, -0.15) is 26.3 Å². The van der Waals surface area contributed by atoms with Crippen molar-refractivity contribution in [1.29, 1.82) is 0 Å². The SMILES string of the molecule is CC(=O)C(C(=O)Nc1ccc(C(F)(F)F)cc1)C(=O)Nc1ccc(C(F)(F)F)cc1. The predicted octanol–water partition coefficient (Wildman–Crippen LogP) is 4.51. The monoisotopic (exact) mass is 432 g/mol. The smallest absolute Gasteiger partial charge is 0.325 e. The summed E-state index contributed by atoms with van der Waals surface area (Å²) < 4.78 is 75.4. The number of carbonyl (C=O) groups excluding carboxylic acids is 3. The molecule has 2 rings (SSSR count). The maximum Gasteiger partial charge on any atom is 0.416 e. The summed E-state index contributed by atoms with van der Waals surface area (Å²) in [4.78, 5) is 36.3. The van der Waals surface area contributed by atoms with Crippen LogP contribution in [0.15, 0.2) is 48.5 Å². The van der Waals surface area contributed by atoms with E-state index in [0.717, 1.165) is 31.2 Å². The Bertz CT molecular complexity index is 863. The van der Waals surface area contributed by atoms with Crippen molar-refractivity contribution in [2.24, 2.45) is 5.92 Å². The zero-order valence-corrected chi connectivity index (χ0v) is 15.2. The Morgan fingerprint density at radius 3 is 1.20 bits per heavy atom. The number of rotatable bonds is 5. The van der Waals surface area contributed by atoms with E-state index in [1.165, 1.54) is 0 Å². The van der Waals surface area contributed by atoms with Crippen molar-refractivity contribution >= 4 is 29.0 Å². The van der Waals surface area contributed by atoms with Crippen LogP contribution in [0.1, 0.15) is 18.1 Å². The molecule has 0 fully saturated rings. The number of halogens is 6. The Hall–Kier alpha value is -3.37. The molecule has 0 aromatic heterocycles. The van der Waals surface area contributed by atoms with Crippen molar-refractivity contribution in [3.05, 3.63) is 59.7 Å². The van der Waals surface area contributed by atoms with Crippen LogP contribution in [0.4, 0.5) is 37.7 Å². The van der Waals surface area contributed by atoms with Crippen LogP contribution in [0.3, 0.4) is 0 Å². The van der Waals surface area contributed by atoms with E-state index in [1.54, 1.807) is 0 Å². The molecule has 0 unspecified atom stereocenters. The summed E-state index contributed by atoms with van der Waals surface area (Å²) in [6.07, 6.45) is -9.15. The lowest BCUT2D eigenvalue weighted by molar-refractivity contribution is -0.138. The van der Waals surface area contributed by atoms with Crippen LogP contribution in [0.25, 0.3) is 0 Å². The first-order valence-electron chi connectivity index (χ1n) is 8.26. The number of ketones is 1. The minimum absolute atomic E-state index is 0.0819. The Morgan fingerprint density at radius 1 is 0.667 bits per heavy atom. The summed E-state index contributed by atoms with van der Waals surface area (Å²) in [5, 5.41) is 4.32. The van der Waals surface area contributed by atoms with Gasteiger partial charge in [0.1, 0.15) is 0 Å². The standard InChI is InChI=1S/C19H14F6N2O3/c1-10(28)15(16(29)26-13-6-2-11(3-7-13)18(20,21)22)17(30)27-14-8-4-12(5-9-14)19(23,24)25/h2-9,15H,1H3,(H,26,29)(H,27,30). The predicted molar refractivity (Wildman–Crippen MR) is 94.3 cm³/mol. The van der Waals surface area contributed by atoms with Gasteiger partial charge in [0, 0.05) is 11.4 Å². The maximum atomic E-state index is 12.6. The molecule has 0 saturated carbocycles. The molecule has 160 valence electrons. The summed E-state index contributed by atoms with van der Waals surface area (Å²) in [6, 6.07) is 6.64. The van der Waals surface area contributed by atoms with Gasteiger partial charge in [-0.05, 0) is 55.5 Å². The van der Waals surface area contributed by atoms with Crippen LogP contribution >= 0.6 is 0 Å². The zero-order valence-electron chi connectivity index (χ0n) is 15.2. The molecule has 0 aliphatic heterocycles. The van der Waals surface area contributed by atoms with E-state index in [1.807, 2.05) is 0 Å². The van der Waals surface area contributed by atoms with Gasteiger partial charge in [0.2, 0.25) is 11.8 Å². The molecule has 0 atom stereocenters. The Kier molecular flexibility index (Phi) is 6.53. The first kappa shape index (κ1) is 22.9. The lowest BCUT2D eigenvalue weighted by Gasteiger charge is -2.15. The van der Waals surface area contributed by atoms with Crippen molar-refractivity contribution in [2.45, 2.75) is 19.3 Å². The molecule has 2 aromatic rings. The maximum absolute atomic E-state index is 12.6. The van der Waals surface area contributed by atoms with Gasteiger partial charge in [0.05, 0.1) is 11.1 Å². The quantitative estimate of drug-likeness (QED) is 0.540. The number of alkyl halides is 6. The van der Waals surface area contributed by atoms with Crippen LogP contribution < -0.4 is 10.6 Å². The number of Topliss-reactive ketones (excluding diaryl/α,β-unsaturated/α-hetero) is 1. The number of nitrogens with one attached hydrogen (secondary N) is 2. The van der Waals surface area contributed by atoms with Crippen molar-refractivity contribution in [3.8, 4) is 0 Å². The first-order valence-corrected chi connectivity index (χ1v) is 8.26. The van der Waals surface area contributed by atoms with Crippen LogP contribution in [0.2, 0.25) is 0 Å². The van der Waals surface area contributed by atoms with Gasteiger partial charge in [0.15, 0.2) is 11.7 Å². The first-order chi connectivity index (χ1) is 13.8. The molecule has 0 aliphatic rings. The molecule has 0 saturated heterocycles. The topological polar surface area (TPSA) is 75.3 Å². The second-order valence-corrected chi connectivity index (χ2v) is 6.17. The number of carbonyl (C=O) groups is 3. The van der Waals surface area contributed by atoms with E-state index in [2.05, 4.69) is 10.6 Å². The molecule has 0 radical (unpaired) electrons. The number of hydrogen-bond donors (Lipinski definition) is 2. The van der Waals surface area contributed by atoms with Crippen LogP contribution in [-0.2, 0) is 26.7 Å². The van der Waals surface area contributed by atoms with Gasteiger partial charge in [-0.25, -0.2) is 0 Å². The van der Waals surface area contributed by atoms with Crippen molar-refractivity contribution in [1.82, 2.24) is 0 Å². The third-order valence-corrected chi connectivity index (χ3v) is 3.89. The Labute approximate surface area is 166 Å². The lowest BCUT2D eigenvalue weighted by atomic mass is 10.0. The summed E-state index contributed by atoms with van der Waals surface area (Å²) in [6.45, 7) is 0.948. The fraction of sp³-hybridized carbons (Fsp3) is 0.211. The lowest BCUT2D eigenvalue weighted by Crippen LogP contribution is -2.38. The summed E-state index contributed by atoms with van der Waals surface area (Å²) in [5.41, 5.74) is -2.07. The summed E-state index contributed by atoms with van der Waals surface area (Å²) in [7, 11) is 0. The van der Waals surface area contributed by atoms with Gasteiger partial charge in [-0.15, -0.1) is 0 Å². The highest BCUT2D eigenvalue weighted by molar-refractivity contribution is 6.23. The second-order valence-electron chi connectivity index (χ2n) is 6.17. The van der Waals surface area contributed by atoms with E-state index in [0.29, 0.717) is 24.3 Å². The Balaban J connectivity index is 2.11. The minimum atomic E-state index is -4.58. The average Bonchev–Trinajstić information content (AvgIpc) is 2.60. The minimum Gasteiger partial charge on any atom is -0.325 e. The number of amides is 2. The summed E-state index contributed by atoms with van der Waals surface area (Å²) in [5.74, 6) is -4.95.